The Morgan fingerprint density at radius 1 is 1.38 bits per heavy atom. The molecule has 0 unspecified atom stereocenters. The predicted octanol–water partition coefficient (Wildman–Crippen LogP) is 2.70. The molecule has 2 rings (SSSR count). The minimum atomic E-state index is -3.78. The zero-order valence-electron chi connectivity index (χ0n) is 11.1. The molecule has 9 heteroatoms. The minimum absolute atomic E-state index is 0.0701. The zero-order chi connectivity index (χ0) is 15.6. The Kier molecular flexibility index (Phi) is 5.24. The topological polar surface area (TPSA) is 85.1 Å². The summed E-state index contributed by atoms with van der Waals surface area (Å²) in [5.74, 6) is 0. The van der Waals surface area contributed by atoms with Crippen LogP contribution in [0.1, 0.15) is 16.1 Å². The van der Waals surface area contributed by atoms with Crippen molar-refractivity contribution in [2.45, 2.75) is 24.9 Å². The summed E-state index contributed by atoms with van der Waals surface area (Å²) in [4.78, 5) is 4.84. The van der Waals surface area contributed by atoms with E-state index >= 15 is 0 Å². The van der Waals surface area contributed by atoms with Gasteiger partial charge >= 0.3 is 0 Å². The number of sulfonamides is 1. The Balaban J connectivity index is 2.32. The lowest BCUT2D eigenvalue weighted by Crippen LogP contribution is -2.24. The Hall–Kier alpha value is -0.700. The van der Waals surface area contributed by atoms with E-state index in [1.807, 2.05) is 6.92 Å². The number of hydrogen-bond donors (Lipinski definition) is 2. The van der Waals surface area contributed by atoms with Gasteiger partial charge in [-0.25, -0.2) is 18.1 Å². The molecule has 114 valence electrons. The third-order valence-corrected chi connectivity index (χ3v) is 5.99. The lowest BCUT2D eigenvalue weighted by molar-refractivity contribution is 0.581. The van der Waals surface area contributed by atoms with Crippen LogP contribution in [0.15, 0.2) is 22.5 Å². The molecule has 0 aliphatic rings. The normalized spacial score (nSPS) is 11.8. The first-order valence-corrected chi connectivity index (χ1v) is 9.03. The smallest absolute Gasteiger partial charge is 0.242 e. The maximum absolute atomic E-state index is 12.4. The summed E-state index contributed by atoms with van der Waals surface area (Å²) in [5, 5.41) is 0.365. The Morgan fingerprint density at radius 3 is 2.67 bits per heavy atom. The molecule has 1 aromatic carbocycles. The molecule has 0 saturated heterocycles. The van der Waals surface area contributed by atoms with Gasteiger partial charge in [-0.1, -0.05) is 23.2 Å². The first-order chi connectivity index (χ1) is 9.85. The van der Waals surface area contributed by atoms with Gasteiger partial charge in [0.2, 0.25) is 10.0 Å². The Morgan fingerprint density at radius 2 is 2.10 bits per heavy atom. The van der Waals surface area contributed by atoms with Crippen molar-refractivity contribution < 1.29 is 8.42 Å². The zero-order valence-corrected chi connectivity index (χ0v) is 14.2. The standard InChI is InChI=1S/C12H13Cl2N3O2S2/c1-7-10(20-6-16-7)5-17-21(18,19)11-3-9(13)2-8(4-15)12(11)14/h2-3,6,17H,4-5,15H2,1H3. The quantitative estimate of drug-likeness (QED) is 0.852. The number of thiazole rings is 1. The van der Waals surface area contributed by atoms with Gasteiger partial charge in [0.15, 0.2) is 0 Å². The van der Waals surface area contributed by atoms with E-state index in [4.69, 9.17) is 28.9 Å². The molecular formula is C12H13Cl2N3O2S2. The highest BCUT2D eigenvalue weighted by Crippen LogP contribution is 2.29. The number of aryl methyl sites for hydroxylation is 1. The van der Waals surface area contributed by atoms with Gasteiger partial charge in [0, 0.05) is 23.0 Å². The summed E-state index contributed by atoms with van der Waals surface area (Å²) in [6, 6.07) is 2.86. The van der Waals surface area contributed by atoms with E-state index < -0.39 is 10.0 Å². The van der Waals surface area contributed by atoms with Crippen molar-refractivity contribution in [3.63, 3.8) is 0 Å². The first kappa shape index (κ1) is 16.7. The number of hydrogen-bond acceptors (Lipinski definition) is 5. The number of nitrogens with zero attached hydrogens (tertiary/aromatic N) is 1. The molecule has 3 N–H and O–H groups in total. The van der Waals surface area contributed by atoms with Crippen LogP contribution in [0.2, 0.25) is 10.0 Å². The maximum atomic E-state index is 12.4. The van der Waals surface area contributed by atoms with Gasteiger partial charge in [0.05, 0.1) is 16.2 Å². The predicted molar refractivity (Wildman–Crippen MR) is 85.2 cm³/mol. The van der Waals surface area contributed by atoms with E-state index in [-0.39, 0.29) is 28.0 Å². The van der Waals surface area contributed by atoms with Crippen LogP contribution in [-0.4, -0.2) is 13.4 Å². The van der Waals surface area contributed by atoms with Crippen molar-refractivity contribution in [1.82, 2.24) is 9.71 Å². The fourth-order valence-electron chi connectivity index (χ4n) is 1.70. The van der Waals surface area contributed by atoms with Crippen LogP contribution in [0.25, 0.3) is 0 Å². The van der Waals surface area contributed by atoms with Crippen molar-refractivity contribution in [2.24, 2.45) is 5.73 Å². The molecular weight excluding hydrogens is 353 g/mol. The van der Waals surface area contributed by atoms with E-state index in [1.54, 1.807) is 11.6 Å². The van der Waals surface area contributed by atoms with Gasteiger partial charge in [-0.05, 0) is 24.6 Å². The van der Waals surface area contributed by atoms with E-state index in [1.165, 1.54) is 17.4 Å². The Labute approximate surface area is 137 Å². The molecule has 0 radical (unpaired) electrons. The number of nitrogens with one attached hydrogen (secondary N) is 1. The molecule has 0 aliphatic carbocycles. The first-order valence-electron chi connectivity index (χ1n) is 5.91. The van der Waals surface area contributed by atoms with Gasteiger partial charge in [0.25, 0.3) is 0 Å². The van der Waals surface area contributed by atoms with Gasteiger partial charge < -0.3 is 5.73 Å². The highest BCUT2D eigenvalue weighted by atomic mass is 35.5. The van der Waals surface area contributed by atoms with Gasteiger partial charge in [-0.15, -0.1) is 11.3 Å². The molecule has 0 fully saturated rings. The monoisotopic (exact) mass is 365 g/mol. The van der Waals surface area contributed by atoms with Crippen LogP contribution >= 0.6 is 34.5 Å². The third-order valence-electron chi connectivity index (χ3n) is 2.86. The van der Waals surface area contributed by atoms with Crippen molar-refractivity contribution in [1.29, 1.82) is 0 Å². The molecule has 5 nitrogen and oxygen atoms in total. The van der Waals surface area contributed by atoms with Gasteiger partial charge in [-0.2, -0.15) is 0 Å². The molecule has 2 aromatic rings. The van der Waals surface area contributed by atoms with Crippen molar-refractivity contribution >= 4 is 44.6 Å². The summed E-state index contributed by atoms with van der Waals surface area (Å²) >= 11 is 13.4. The van der Waals surface area contributed by atoms with E-state index in [2.05, 4.69) is 9.71 Å². The van der Waals surface area contributed by atoms with E-state index in [9.17, 15) is 8.42 Å². The molecule has 0 saturated carbocycles. The number of aromatic nitrogens is 1. The molecule has 0 atom stereocenters. The van der Waals surface area contributed by atoms with Crippen molar-refractivity contribution in [3.8, 4) is 0 Å². The van der Waals surface area contributed by atoms with E-state index in [0.717, 1.165) is 10.6 Å². The van der Waals surface area contributed by atoms with Crippen LogP contribution in [0.4, 0.5) is 0 Å². The molecule has 1 heterocycles. The van der Waals surface area contributed by atoms with Crippen molar-refractivity contribution in [2.75, 3.05) is 0 Å². The van der Waals surface area contributed by atoms with Crippen LogP contribution in [0.5, 0.6) is 0 Å². The van der Waals surface area contributed by atoms with E-state index in [0.29, 0.717) is 5.56 Å². The fraction of sp³-hybridized carbons (Fsp3) is 0.250. The lowest BCUT2D eigenvalue weighted by Gasteiger charge is -2.11. The Bertz CT molecular complexity index is 760. The number of nitrogens with two attached hydrogens (primary N) is 1. The molecule has 0 spiro atoms. The van der Waals surface area contributed by atoms with Crippen LogP contribution < -0.4 is 10.5 Å². The molecule has 0 aliphatic heterocycles. The minimum Gasteiger partial charge on any atom is -0.326 e. The number of rotatable bonds is 5. The second kappa shape index (κ2) is 6.60. The summed E-state index contributed by atoms with van der Waals surface area (Å²) in [6.45, 7) is 2.08. The van der Waals surface area contributed by atoms with Crippen molar-refractivity contribution in [3.05, 3.63) is 43.8 Å². The molecule has 0 amide bonds. The summed E-state index contributed by atoms with van der Waals surface area (Å²) in [7, 11) is -3.78. The highest BCUT2D eigenvalue weighted by molar-refractivity contribution is 7.89. The van der Waals surface area contributed by atoms with Crippen LogP contribution in [0, 0.1) is 6.92 Å². The number of benzene rings is 1. The molecule has 21 heavy (non-hydrogen) atoms. The lowest BCUT2D eigenvalue weighted by atomic mass is 10.2. The highest BCUT2D eigenvalue weighted by Gasteiger charge is 2.21. The molecule has 1 aromatic heterocycles. The summed E-state index contributed by atoms with van der Waals surface area (Å²) < 4.78 is 27.2. The second-order valence-corrected chi connectivity index (χ2v) is 7.76. The largest absolute Gasteiger partial charge is 0.326 e. The SMILES string of the molecule is Cc1ncsc1CNS(=O)(=O)c1cc(Cl)cc(CN)c1Cl. The fourth-order valence-corrected chi connectivity index (χ4v) is 4.44. The molecule has 0 bridgehead atoms. The average molecular weight is 366 g/mol. The number of halogens is 2. The maximum Gasteiger partial charge on any atom is 0.242 e. The average Bonchev–Trinajstić information content (AvgIpc) is 2.84. The summed E-state index contributed by atoms with van der Waals surface area (Å²) in [6.07, 6.45) is 0. The van der Waals surface area contributed by atoms with Gasteiger partial charge in [-0.3, -0.25) is 0 Å². The van der Waals surface area contributed by atoms with Gasteiger partial charge in [0.1, 0.15) is 4.90 Å². The summed E-state index contributed by atoms with van der Waals surface area (Å²) in [5.41, 5.74) is 8.48. The third kappa shape index (κ3) is 3.74. The second-order valence-electron chi connectivity index (χ2n) is 4.27. The van der Waals surface area contributed by atoms with Crippen LogP contribution in [-0.2, 0) is 23.1 Å². The van der Waals surface area contributed by atoms with Crippen LogP contribution in [0.3, 0.4) is 0 Å².